The van der Waals surface area contributed by atoms with Crippen molar-refractivity contribution in [2.75, 3.05) is 12.4 Å². The maximum atomic E-state index is 13.4. The number of nitrogens with one attached hydrogen (secondary N) is 1. The Bertz CT molecular complexity index is 1550. The number of carbonyl (C=O) groups excluding carboxylic acids is 1. The van der Waals surface area contributed by atoms with Gasteiger partial charge in [-0.25, -0.2) is 0 Å². The van der Waals surface area contributed by atoms with Gasteiger partial charge in [-0.3, -0.25) is 14.0 Å². The highest BCUT2D eigenvalue weighted by Gasteiger charge is 2.18. The number of nitrogens with zero attached hydrogens (tertiary/aromatic N) is 3. The van der Waals surface area contributed by atoms with Crippen LogP contribution in [-0.2, 0) is 4.79 Å². The Morgan fingerprint density at radius 3 is 2.40 bits per heavy atom. The molecule has 0 saturated carbocycles. The van der Waals surface area contributed by atoms with Crippen molar-refractivity contribution in [3.05, 3.63) is 99.5 Å². The number of fused-ring (bicyclic) bond motifs is 1. The van der Waals surface area contributed by atoms with E-state index in [1.165, 1.54) is 10.5 Å². The first-order chi connectivity index (χ1) is 16.9. The molecule has 0 spiro atoms. The van der Waals surface area contributed by atoms with Gasteiger partial charge in [-0.1, -0.05) is 24.3 Å². The van der Waals surface area contributed by atoms with Gasteiger partial charge >= 0.3 is 0 Å². The lowest BCUT2D eigenvalue weighted by molar-refractivity contribution is -0.112. The SMILES string of the molecule is COc1ccc(Oc2nc3c(C)cccn3c(=O)c2/C=C(/C#N)C(=O)Nc2ccccc2C)cc1. The minimum atomic E-state index is -0.647. The second-order valence-electron chi connectivity index (χ2n) is 7.74. The van der Waals surface area contributed by atoms with Crippen molar-refractivity contribution in [2.24, 2.45) is 0 Å². The lowest BCUT2D eigenvalue weighted by Gasteiger charge is -2.12. The second kappa shape index (κ2) is 9.93. The highest BCUT2D eigenvalue weighted by atomic mass is 16.5. The van der Waals surface area contributed by atoms with Crippen LogP contribution in [0.5, 0.6) is 17.4 Å². The number of amides is 1. The topological polar surface area (TPSA) is 106 Å². The molecule has 0 radical (unpaired) electrons. The molecule has 4 aromatic rings. The van der Waals surface area contributed by atoms with Crippen molar-refractivity contribution < 1.29 is 14.3 Å². The number of benzene rings is 2. The summed E-state index contributed by atoms with van der Waals surface area (Å²) >= 11 is 0. The highest BCUT2D eigenvalue weighted by molar-refractivity contribution is 6.10. The van der Waals surface area contributed by atoms with Crippen LogP contribution in [0, 0.1) is 25.2 Å². The molecular formula is C27H22N4O4. The fourth-order valence-electron chi connectivity index (χ4n) is 3.44. The van der Waals surface area contributed by atoms with E-state index in [0.29, 0.717) is 22.8 Å². The Morgan fingerprint density at radius 2 is 1.71 bits per heavy atom. The predicted octanol–water partition coefficient (Wildman–Crippen LogP) is 4.66. The van der Waals surface area contributed by atoms with Crippen LogP contribution in [0.15, 0.2) is 77.2 Å². The number of aromatic nitrogens is 2. The van der Waals surface area contributed by atoms with E-state index in [2.05, 4.69) is 10.3 Å². The number of pyridine rings is 1. The van der Waals surface area contributed by atoms with Crippen molar-refractivity contribution in [3.63, 3.8) is 0 Å². The molecule has 0 aliphatic carbocycles. The average Bonchev–Trinajstić information content (AvgIpc) is 2.86. The minimum absolute atomic E-state index is 0.0223. The van der Waals surface area contributed by atoms with Crippen LogP contribution >= 0.6 is 0 Å². The third-order valence-corrected chi connectivity index (χ3v) is 5.37. The largest absolute Gasteiger partial charge is 0.497 e. The van der Waals surface area contributed by atoms with Crippen molar-refractivity contribution in [1.29, 1.82) is 5.26 Å². The molecule has 8 heteroatoms. The van der Waals surface area contributed by atoms with Gasteiger partial charge in [0, 0.05) is 11.9 Å². The first-order valence-electron chi connectivity index (χ1n) is 10.7. The van der Waals surface area contributed by atoms with Gasteiger partial charge in [0.25, 0.3) is 11.5 Å². The van der Waals surface area contributed by atoms with Crippen LogP contribution in [0.4, 0.5) is 5.69 Å². The maximum absolute atomic E-state index is 13.4. The lowest BCUT2D eigenvalue weighted by atomic mass is 10.1. The van der Waals surface area contributed by atoms with Crippen molar-refractivity contribution in [2.45, 2.75) is 13.8 Å². The molecular weight excluding hydrogens is 444 g/mol. The van der Waals surface area contributed by atoms with Crippen molar-refractivity contribution >= 4 is 23.3 Å². The summed E-state index contributed by atoms with van der Waals surface area (Å²) in [5.41, 5.74) is 1.80. The first-order valence-corrected chi connectivity index (χ1v) is 10.7. The summed E-state index contributed by atoms with van der Waals surface area (Å²) in [5.74, 6) is 0.379. The van der Waals surface area contributed by atoms with Crippen LogP contribution in [0.1, 0.15) is 16.7 Å². The predicted molar refractivity (Wildman–Crippen MR) is 133 cm³/mol. The summed E-state index contributed by atoms with van der Waals surface area (Å²) in [6.45, 7) is 3.67. The smallest absolute Gasteiger partial charge is 0.269 e. The molecule has 0 bridgehead atoms. The summed E-state index contributed by atoms with van der Waals surface area (Å²) in [6, 6.07) is 19.4. The molecule has 0 aliphatic heterocycles. The molecule has 0 saturated heterocycles. The number of carbonyl (C=O) groups is 1. The van der Waals surface area contributed by atoms with Crippen LogP contribution in [0.25, 0.3) is 11.7 Å². The van der Waals surface area contributed by atoms with Gasteiger partial charge in [-0.15, -0.1) is 0 Å². The van der Waals surface area contributed by atoms with Crippen LogP contribution < -0.4 is 20.3 Å². The third-order valence-electron chi connectivity index (χ3n) is 5.37. The number of hydrogen-bond donors (Lipinski definition) is 1. The summed E-state index contributed by atoms with van der Waals surface area (Å²) in [7, 11) is 1.55. The monoisotopic (exact) mass is 466 g/mol. The van der Waals surface area contributed by atoms with E-state index in [1.807, 2.05) is 38.1 Å². The van der Waals surface area contributed by atoms with Crippen LogP contribution in [0.2, 0.25) is 0 Å². The number of hydrogen-bond acceptors (Lipinski definition) is 6. The molecule has 174 valence electrons. The van der Waals surface area contributed by atoms with Gasteiger partial charge in [-0.2, -0.15) is 10.2 Å². The van der Waals surface area contributed by atoms with Crippen molar-refractivity contribution in [1.82, 2.24) is 9.38 Å². The molecule has 0 aliphatic rings. The highest BCUT2D eigenvalue weighted by Crippen LogP contribution is 2.26. The molecule has 8 nitrogen and oxygen atoms in total. The number of anilines is 1. The molecule has 1 amide bonds. The van der Waals surface area contributed by atoms with E-state index in [0.717, 1.165) is 11.1 Å². The average molecular weight is 466 g/mol. The van der Waals surface area contributed by atoms with Gasteiger partial charge < -0.3 is 14.8 Å². The molecule has 0 atom stereocenters. The molecule has 0 unspecified atom stereocenters. The van der Waals surface area contributed by atoms with Crippen LogP contribution in [0.3, 0.4) is 0 Å². The Morgan fingerprint density at radius 1 is 1.03 bits per heavy atom. The number of ether oxygens (including phenoxy) is 2. The van der Waals surface area contributed by atoms with E-state index >= 15 is 0 Å². The Balaban J connectivity index is 1.82. The molecule has 0 fully saturated rings. The van der Waals surface area contributed by atoms with Crippen molar-refractivity contribution in [3.8, 4) is 23.4 Å². The first kappa shape index (κ1) is 23.3. The summed E-state index contributed by atoms with van der Waals surface area (Å²) in [4.78, 5) is 30.8. The quantitative estimate of drug-likeness (QED) is 0.327. The van der Waals surface area contributed by atoms with E-state index in [9.17, 15) is 14.9 Å². The minimum Gasteiger partial charge on any atom is -0.497 e. The lowest BCUT2D eigenvalue weighted by Crippen LogP contribution is -2.21. The fraction of sp³-hybridized carbons (Fsp3) is 0.111. The number of para-hydroxylation sites is 1. The second-order valence-corrected chi connectivity index (χ2v) is 7.74. The van der Waals surface area contributed by atoms with E-state index in [-0.39, 0.29) is 17.0 Å². The summed E-state index contributed by atoms with van der Waals surface area (Å²) in [5, 5.41) is 12.4. The zero-order valence-electron chi connectivity index (χ0n) is 19.4. The molecule has 35 heavy (non-hydrogen) atoms. The molecule has 1 N–H and O–H groups in total. The number of methoxy groups -OCH3 is 1. The fourth-order valence-corrected chi connectivity index (χ4v) is 3.44. The van der Waals surface area contributed by atoms with Gasteiger partial charge in [0.15, 0.2) is 0 Å². The molecule has 2 heterocycles. The summed E-state index contributed by atoms with van der Waals surface area (Å²) in [6.07, 6.45) is 2.78. The Labute approximate surface area is 201 Å². The maximum Gasteiger partial charge on any atom is 0.269 e. The molecule has 2 aromatic heterocycles. The molecule has 4 rings (SSSR count). The van der Waals surface area contributed by atoms with E-state index in [1.54, 1.807) is 55.8 Å². The third kappa shape index (κ3) is 4.89. The van der Waals surface area contributed by atoms with E-state index < -0.39 is 11.5 Å². The number of aryl methyl sites for hydroxylation is 2. The Kier molecular flexibility index (Phi) is 6.60. The number of rotatable bonds is 6. The zero-order chi connectivity index (χ0) is 24.9. The van der Waals surface area contributed by atoms with Gasteiger partial charge in [0.05, 0.1) is 7.11 Å². The Hall–Kier alpha value is -4.90. The molecule has 2 aromatic carbocycles. The summed E-state index contributed by atoms with van der Waals surface area (Å²) < 4.78 is 12.5. The van der Waals surface area contributed by atoms with Gasteiger partial charge in [0.1, 0.15) is 34.4 Å². The van der Waals surface area contributed by atoms with E-state index in [4.69, 9.17) is 9.47 Å². The standard InChI is InChI=1S/C27H22N4O4/c1-17-7-4-5-9-23(17)29-25(32)19(16-28)15-22-26(35-21-12-10-20(34-3)11-13-21)30-24-18(2)8-6-14-31(24)27(22)33/h4-15H,1-3H3,(H,29,32)/b19-15-. The number of nitriles is 1. The normalized spacial score (nSPS) is 11.1. The van der Waals surface area contributed by atoms with Crippen LogP contribution in [-0.4, -0.2) is 22.4 Å². The van der Waals surface area contributed by atoms with Gasteiger partial charge in [0.2, 0.25) is 5.88 Å². The zero-order valence-corrected chi connectivity index (χ0v) is 19.4. The van der Waals surface area contributed by atoms with Gasteiger partial charge in [-0.05, 0) is 67.4 Å².